The number of anilines is 2. The average molecular weight is 833 g/mol. The maximum atomic E-state index is 13.8. The molecule has 4 saturated carbocycles. The molecule has 0 unspecified atom stereocenters. The minimum atomic E-state index is -0.618. The van der Waals surface area contributed by atoms with E-state index in [1.54, 1.807) is 6.07 Å². The van der Waals surface area contributed by atoms with Gasteiger partial charge in [-0.05, 0) is 124 Å². The fourth-order valence-electron chi connectivity index (χ4n) is 12.5. The molecule has 4 aliphatic carbocycles. The molecule has 2 amide bonds. The number of imidazole rings is 2. The van der Waals surface area contributed by atoms with Crippen LogP contribution < -0.4 is 10.6 Å². The molecule has 13 heteroatoms. The van der Waals surface area contributed by atoms with E-state index in [-0.39, 0.29) is 17.2 Å². The van der Waals surface area contributed by atoms with Crippen LogP contribution in [0.15, 0.2) is 36.4 Å². The van der Waals surface area contributed by atoms with Crippen LogP contribution in [0.1, 0.15) is 120 Å². The normalized spacial score (nSPS) is 27.0. The average Bonchev–Trinajstić information content (AvgIpc) is 4.10. The van der Waals surface area contributed by atoms with Gasteiger partial charge >= 0.3 is 5.97 Å². The van der Waals surface area contributed by atoms with Crippen LogP contribution in [0.5, 0.6) is 0 Å². The molecule has 2 aliphatic heterocycles. The molecule has 12 nitrogen and oxygen atoms in total. The van der Waals surface area contributed by atoms with Crippen LogP contribution in [0.25, 0.3) is 11.1 Å². The summed E-state index contributed by atoms with van der Waals surface area (Å²) in [4.78, 5) is 54.4. The number of hydrogen-bond donors (Lipinski definition) is 3. The number of carbonyl (C=O) groups is 3. The number of hydrogen-bond acceptors (Lipinski definition) is 7. The number of aliphatic carboxylic acids is 1. The second kappa shape index (κ2) is 14.8. The largest absolute Gasteiger partial charge is 0.481 e. The third-order valence-corrected chi connectivity index (χ3v) is 16.4. The maximum Gasteiger partial charge on any atom is 0.309 e. The van der Waals surface area contributed by atoms with Crippen LogP contribution in [-0.2, 0) is 44.8 Å². The monoisotopic (exact) mass is 832 g/mol. The Morgan fingerprint density at radius 2 is 1.37 bits per heavy atom. The summed E-state index contributed by atoms with van der Waals surface area (Å²) in [5.74, 6) is 0.499. The first kappa shape index (κ1) is 39.6. The molecule has 0 saturated heterocycles. The Morgan fingerprint density at radius 1 is 0.783 bits per heavy atom. The number of carboxylic acid groups (broad SMARTS) is 1. The second-order valence-electron chi connectivity index (χ2n) is 19.5. The van der Waals surface area contributed by atoms with Gasteiger partial charge in [-0.15, -0.1) is 0 Å². The van der Waals surface area contributed by atoms with E-state index in [1.165, 1.54) is 32.1 Å². The first-order chi connectivity index (χ1) is 28.8. The second-order valence-corrected chi connectivity index (χ2v) is 19.9. The summed E-state index contributed by atoms with van der Waals surface area (Å²) < 4.78 is 3.87. The molecular weight excluding hydrogens is 776 g/mol. The molecule has 4 bridgehead atoms. The number of carbonyl (C=O) groups excluding carboxylic acids is 2. The van der Waals surface area contributed by atoms with E-state index in [2.05, 4.69) is 20.4 Å². The Bertz CT molecular complexity index is 2400. The molecule has 4 fully saturated rings. The molecule has 4 aromatic rings. The summed E-state index contributed by atoms with van der Waals surface area (Å²) in [6, 6.07) is 11.4. The summed E-state index contributed by atoms with van der Waals surface area (Å²) in [6.45, 7) is 7.37. The number of rotatable bonds is 11. The van der Waals surface area contributed by atoms with Crippen molar-refractivity contribution in [3.05, 3.63) is 81.4 Å². The van der Waals surface area contributed by atoms with E-state index < -0.39 is 11.4 Å². The highest BCUT2D eigenvalue weighted by Crippen LogP contribution is 2.63. The van der Waals surface area contributed by atoms with Crippen molar-refractivity contribution in [1.82, 2.24) is 28.9 Å². The first-order valence-corrected chi connectivity index (χ1v) is 22.5. The van der Waals surface area contributed by atoms with Gasteiger partial charge in [0.25, 0.3) is 11.8 Å². The number of aromatic nitrogens is 4. The van der Waals surface area contributed by atoms with Gasteiger partial charge in [-0.25, -0.2) is 9.97 Å². The molecule has 0 radical (unpaired) electrons. The van der Waals surface area contributed by atoms with Crippen molar-refractivity contribution in [3.8, 4) is 11.1 Å². The van der Waals surface area contributed by atoms with E-state index >= 15 is 0 Å². The summed E-state index contributed by atoms with van der Waals surface area (Å²) >= 11 is 7.08. The Hall–Kier alpha value is -4.52. The van der Waals surface area contributed by atoms with Crippen LogP contribution in [0.2, 0.25) is 5.02 Å². The number of fused-ring (bicyclic) bond motifs is 6. The smallest absolute Gasteiger partial charge is 0.309 e. The fourth-order valence-corrected chi connectivity index (χ4v) is 12.8. The van der Waals surface area contributed by atoms with Gasteiger partial charge < -0.3 is 24.9 Å². The number of halogens is 1. The van der Waals surface area contributed by atoms with Crippen LogP contribution in [0, 0.1) is 29.1 Å². The Morgan fingerprint density at radius 3 is 1.97 bits per heavy atom. The summed E-state index contributed by atoms with van der Waals surface area (Å²) in [5, 5.41) is 16.4. The topological polar surface area (TPSA) is 138 Å². The fraction of sp³-hybridized carbons (Fsp3) is 0.553. The number of nitrogens with one attached hydrogen (secondary N) is 2. The molecule has 0 atom stereocenters. The lowest BCUT2D eigenvalue weighted by Crippen LogP contribution is -2.39. The molecule has 60 heavy (non-hydrogen) atoms. The summed E-state index contributed by atoms with van der Waals surface area (Å²) in [5.41, 5.74) is 7.87. The number of amides is 2. The predicted octanol–water partition coefficient (Wildman–Crippen LogP) is 8.01. The standard InChI is InChI=1S/C47H57ClN8O4/c1-29-31(6-4-8-33(29)51-42(57)40-50-36-26-56(22-13-38(36)54(40)3)28-46-14-10-30(24-46)11-15-46)32-7-5-9-34(39(32)48)52-43(58)41-49-35-25-55(21-12-37(35)53(41)2)23-20-45-16-18-47(27-45,19-17-45)44(59)60/h4-9,30H,10-28H2,1-3H3,(H,51,57)(H,52,58)(H,59,60). The van der Waals surface area contributed by atoms with Crippen LogP contribution in [0.3, 0.4) is 0 Å². The van der Waals surface area contributed by atoms with E-state index in [0.29, 0.717) is 40.0 Å². The number of benzene rings is 2. The highest BCUT2D eigenvalue weighted by Gasteiger charge is 2.58. The van der Waals surface area contributed by atoms with Gasteiger partial charge in [0.2, 0.25) is 0 Å². The Balaban J connectivity index is 0.798. The molecule has 3 N–H and O–H groups in total. The summed E-state index contributed by atoms with van der Waals surface area (Å²) in [6.07, 6.45) is 14.0. The van der Waals surface area contributed by atoms with Crippen LogP contribution in [-0.4, -0.2) is 78.0 Å². The molecule has 316 valence electrons. The zero-order chi connectivity index (χ0) is 41.6. The third-order valence-electron chi connectivity index (χ3n) is 16.0. The van der Waals surface area contributed by atoms with Crippen molar-refractivity contribution >= 4 is 40.8 Å². The van der Waals surface area contributed by atoms with Crippen LogP contribution >= 0.6 is 11.6 Å². The predicted molar refractivity (Wildman–Crippen MR) is 231 cm³/mol. The van der Waals surface area contributed by atoms with Gasteiger partial charge in [0.15, 0.2) is 11.6 Å². The van der Waals surface area contributed by atoms with Crippen molar-refractivity contribution in [2.45, 2.75) is 103 Å². The van der Waals surface area contributed by atoms with Crippen molar-refractivity contribution in [2.75, 3.05) is 36.8 Å². The van der Waals surface area contributed by atoms with E-state index in [1.807, 2.05) is 60.5 Å². The SMILES string of the molecule is Cc1c(NC(=O)c2nc3c(n2C)CCN(CC24CCC(CC2)C4)C3)cccc1-c1cccc(NC(=O)c2nc3c(n2C)CCN(CCC24CCC(C(=O)O)(CC2)C4)C3)c1Cl. The lowest BCUT2D eigenvalue weighted by Gasteiger charge is -2.35. The Kier molecular flexibility index (Phi) is 9.79. The molecule has 2 aromatic heterocycles. The number of carboxylic acids is 1. The first-order valence-electron chi connectivity index (χ1n) is 22.1. The molecule has 2 aromatic carbocycles. The number of nitrogens with zero attached hydrogens (tertiary/aromatic N) is 6. The lowest BCUT2D eigenvalue weighted by molar-refractivity contribution is -0.148. The molecular formula is C47H57ClN8O4. The Labute approximate surface area is 357 Å². The molecule has 4 heterocycles. The van der Waals surface area contributed by atoms with Gasteiger partial charge in [0.1, 0.15) is 0 Å². The maximum absolute atomic E-state index is 13.8. The quantitative estimate of drug-likeness (QED) is 0.138. The van der Waals surface area contributed by atoms with E-state index in [0.717, 1.165) is 129 Å². The minimum Gasteiger partial charge on any atom is -0.481 e. The van der Waals surface area contributed by atoms with Crippen molar-refractivity contribution < 1.29 is 19.5 Å². The lowest BCUT2D eigenvalue weighted by atomic mass is 9.80. The van der Waals surface area contributed by atoms with E-state index in [9.17, 15) is 19.5 Å². The highest BCUT2D eigenvalue weighted by atomic mass is 35.5. The molecule has 10 rings (SSSR count). The van der Waals surface area contributed by atoms with Crippen molar-refractivity contribution in [3.63, 3.8) is 0 Å². The van der Waals surface area contributed by atoms with Crippen LogP contribution in [0.4, 0.5) is 11.4 Å². The summed E-state index contributed by atoms with van der Waals surface area (Å²) in [7, 11) is 3.85. The van der Waals surface area contributed by atoms with E-state index in [4.69, 9.17) is 21.6 Å². The third kappa shape index (κ3) is 6.77. The van der Waals surface area contributed by atoms with Gasteiger partial charge in [-0.1, -0.05) is 35.9 Å². The minimum absolute atomic E-state index is 0.144. The molecule has 6 aliphatic rings. The van der Waals surface area contributed by atoms with Gasteiger partial charge in [-0.2, -0.15) is 0 Å². The van der Waals surface area contributed by atoms with Crippen molar-refractivity contribution in [1.29, 1.82) is 0 Å². The zero-order valence-corrected chi connectivity index (χ0v) is 36.0. The van der Waals surface area contributed by atoms with Gasteiger partial charge in [-0.3, -0.25) is 24.2 Å². The van der Waals surface area contributed by atoms with Gasteiger partial charge in [0.05, 0.1) is 27.5 Å². The highest BCUT2D eigenvalue weighted by molar-refractivity contribution is 6.36. The van der Waals surface area contributed by atoms with Gasteiger partial charge in [0, 0.05) is 82.3 Å². The molecule has 0 spiro atoms. The van der Waals surface area contributed by atoms with Crippen molar-refractivity contribution in [2.24, 2.45) is 36.3 Å². The zero-order valence-electron chi connectivity index (χ0n) is 35.2.